The summed E-state index contributed by atoms with van der Waals surface area (Å²) >= 11 is 6.56. The number of aryl methyl sites for hydroxylation is 1. The number of nitrogens with zero attached hydrogens (tertiary/aromatic N) is 7. The molecule has 2 N–H and O–H groups in total. The molecule has 2 aromatic heterocycles. The average Bonchev–Trinajstić information content (AvgIpc) is 3.76. The Balaban J connectivity index is 1.08. The number of halogens is 3. The molecule has 16 heteroatoms. The van der Waals surface area contributed by atoms with Gasteiger partial charge in [-0.25, -0.2) is 13.8 Å². The van der Waals surface area contributed by atoms with Crippen LogP contribution in [0.3, 0.4) is 0 Å². The first-order chi connectivity index (χ1) is 27.3. The van der Waals surface area contributed by atoms with Gasteiger partial charge in [-0.05, 0) is 56.9 Å². The zero-order chi connectivity index (χ0) is 41.0. The lowest BCUT2D eigenvalue weighted by Crippen LogP contribution is -3.05. The van der Waals surface area contributed by atoms with Crippen LogP contribution in [0.2, 0.25) is 5.02 Å². The van der Waals surface area contributed by atoms with Gasteiger partial charge in [0.25, 0.3) is 11.8 Å². The summed E-state index contributed by atoms with van der Waals surface area (Å²) in [6, 6.07) is 7.43. The molecular formula is C41H51ClF2N9O4+. The van der Waals surface area contributed by atoms with E-state index in [1.807, 2.05) is 11.8 Å². The van der Waals surface area contributed by atoms with Crippen LogP contribution in [0.25, 0.3) is 22.4 Å². The number of carbonyl (C=O) groups is 4. The maximum atomic E-state index is 15.7. The number of rotatable bonds is 12. The van der Waals surface area contributed by atoms with Crippen LogP contribution >= 0.6 is 11.6 Å². The van der Waals surface area contributed by atoms with E-state index in [0.717, 1.165) is 38.6 Å². The fourth-order valence-corrected chi connectivity index (χ4v) is 7.81. The molecule has 1 atom stereocenters. The van der Waals surface area contributed by atoms with Crippen molar-refractivity contribution in [3.63, 3.8) is 0 Å². The van der Waals surface area contributed by atoms with E-state index in [4.69, 9.17) is 11.6 Å². The van der Waals surface area contributed by atoms with Crippen LogP contribution < -0.4 is 10.2 Å². The highest BCUT2D eigenvalue weighted by molar-refractivity contribution is 6.34. The fourth-order valence-electron chi connectivity index (χ4n) is 7.55. The average molecular weight is 807 g/mol. The third-order valence-corrected chi connectivity index (χ3v) is 11.3. The Morgan fingerprint density at radius 3 is 2.23 bits per heavy atom. The van der Waals surface area contributed by atoms with Gasteiger partial charge in [-0.1, -0.05) is 24.6 Å². The standard InChI is InChI=1S/C41H50ClF2N9O4/c1-6-27(14-17-48(3)4)40(56)51-18-20-52(21-19-51)41(57)30-11-10-28(22-33(30)42)46-39(55)38-45-23-34(49(38)5)31-13-12-29(36(43)37(31)44)32-24-53(47-26(32)2)25-35(54)50-15-8-7-9-16-50/h10-13,22-24,27H,6-9,14-21,25H2,1-5H3,(H,46,55)/p+1. The van der Waals surface area contributed by atoms with E-state index in [1.54, 1.807) is 29.0 Å². The predicted octanol–water partition coefficient (Wildman–Crippen LogP) is 4.30. The van der Waals surface area contributed by atoms with E-state index in [-0.39, 0.29) is 63.4 Å². The van der Waals surface area contributed by atoms with Crippen LogP contribution in [-0.4, -0.2) is 118 Å². The Kier molecular flexibility index (Phi) is 13.1. The number of amides is 4. The minimum atomic E-state index is -1.12. The van der Waals surface area contributed by atoms with E-state index >= 15 is 8.78 Å². The smallest absolute Gasteiger partial charge is 0.291 e. The van der Waals surface area contributed by atoms with Crippen molar-refractivity contribution in [1.82, 2.24) is 34.0 Å². The number of likely N-dealkylation sites (tertiary alicyclic amines) is 1. The van der Waals surface area contributed by atoms with Crippen molar-refractivity contribution in [2.24, 2.45) is 13.0 Å². The van der Waals surface area contributed by atoms with Crippen molar-refractivity contribution in [2.75, 3.05) is 65.2 Å². The lowest BCUT2D eigenvalue weighted by atomic mass is 10.00. The summed E-state index contributed by atoms with van der Waals surface area (Å²) in [6.07, 6.45) is 7.46. The second kappa shape index (κ2) is 18.0. The molecule has 0 radical (unpaired) electrons. The first kappa shape index (κ1) is 41.5. The molecule has 13 nitrogen and oxygen atoms in total. The van der Waals surface area contributed by atoms with Crippen LogP contribution in [0.4, 0.5) is 14.5 Å². The number of quaternary nitrogens is 1. The maximum Gasteiger partial charge on any atom is 0.291 e. The van der Waals surface area contributed by atoms with Gasteiger partial charge < -0.3 is 29.5 Å². The number of aromatic nitrogens is 4. The summed E-state index contributed by atoms with van der Waals surface area (Å²) in [5.74, 6) is -3.14. The monoisotopic (exact) mass is 806 g/mol. The van der Waals surface area contributed by atoms with E-state index in [9.17, 15) is 19.2 Å². The number of carbonyl (C=O) groups excluding carboxylic acids is 4. The van der Waals surface area contributed by atoms with E-state index in [1.165, 1.54) is 51.7 Å². The van der Waals surface area contributed by atoms with Crippen LogP contribution in [0, 0.1) is 24.5 Å². The molecule has 2 aliphatic rings. The Hall–Kier alpha value is -5.15. The van der Waals surface area contributed by atoms with Gasteiger partial charge in [0.05, 0.1) is 48.8 Å². The first-order valence-electron chi connectivity index (χ1n) is 19.6. The molecule has 2 aromatic carbocycles. The third kappa shape index (κ3) is 9.20. The third-order valence-electron chi connectivity index (χ3n) is 11.0. The van der Waals surface area contributed by atoms with Crippen molar-refractivity contribution in [2.45, 2.75) is 52.5 Å². The van der Waals surface area contributed by atoms with E-state index in [2.05, 4.69) is 29.5 Å². The number of imidazole rings is 1. The largest absolute Gasteiger partial charge is 0.341 e. The zero-order valence-corrected chi connectivity index (χ0v) is 34.0. The van der Waals surface area contributed by atoms with Gasteiger partial charge in [0.1, 0.15) is 6.54 Å². The molecule has 2 aliphatic heterocycles. The van der Waals surface area contributed by atoms with Crippen LogP contribution in [-0.2, 0) is 23.2 Å². The molecule has 4 amide bonds. The number of hydrogen-bond acceptors (Lipinski definition) is 6. The minimum Gasteiger partial charge on any atom is -0.341 e. The fraction of sp³-hybridized carbons (Fsp3) is 0.463. The summed E-state index contributed by atoms with van der Waals surface area (Å²) in [4.78, 5) is 63.5. The van der Waals surface area contributed by atoms with Crippen molar-refractivity contribution < 1.29 is 32.9 Å². The Morgan fingerprint density at radius 2 is 1.56 bits per heavy atom. The molecular weight excluding hydrogens is 756 g/mol. The van der Waals surface area contributed by atoms with Gasteiger partial charge in [-0.2, -0.15) is 5.10 Å². The van der Waals surface area contributed by atoms with Crippen molar-refractivity contribution >= 4 is 40.9 Å². The zero-order valence-electron chi connectivity index (χ0n) is 33.2. The second-order valence-corrected chi connectivity index (χ2v) is 15.6. The molecule has 304 valence electrons. The van der Waals surface area contributed by atoms with Crippen molar-refractivity contribution in [1.29, 1.82) is 0 Å². The molecule has 0 bridgehead atoms. The van der Waals surface area contributed by atoms with Gasteiger partial charge >= 0.3 is 0 Å². The SMILES string of the molecule is CCC(CC[NH+](C)C)C(=O)N1CCN(C(=O)c2ccc(NC(=O)c3ncc(-c4ccc(-c5cn(CC(=O)N6CCCCC6)nc5C)c(F)c4F)n3C)cc2Cl)CC1. The molecule has 0 aliphatic carbocycles. The molecule has 1 unspecified atom stereocenters. The van der Waals surface area contributed by atoms with Crippen LogP contribution in [0.15, 0.2) is 42.7 Å². The van der Waals surface area contributed by atoms with Crippen molar-refractivity contribution in [3.8, 4) is 22.4 Å². The van der Waals surface area contributed by atoms with Gasteiger partial charge in [0, 0.05) is 87.2 Å². The summed E-state index contributed by atoms with van der Waals surface area (Å²) < 4.78 is 34.2. The molecule has 6 rings (SSSR count). The van der Waals surface area contributed by atoms with Crippen LogP contribution in [0.5, 0.6) is 0 Å². The Labute approximate surface area is 336 Å². The Morgan fingerprint density at radius 1 is 0.895 bits per heavy atom. The predicted molar refractivity (Wildman–Crippen MR) is 213 cm³/mol. The van der Waals surface area contributed by atoms with Crippen molar-refractivity contribution in [3.05, 3.63) is 76.5 Å². The van der Waals surface area contributed by atoms with E-state index in [0.29, 0.717) is 56.2 Å². The summed E-state index contributed by atoms with van der Waals surface area (Å²) in [5, 5.41) is 7.25. The number of piperazine rings is 1. The highest BCUT2D eigenvalue weighted by Crippen LogP contribution is 2.33. The molecule has 0 spiro atoms. The van der Waals surface area contributed by atoms with Gasteiger partial charge in [-0.15, -0.1) is 0 Å². The quantitative estimate of drug-likeness (QED) is 0.220. The maximum absolute atomic E-state index is 15.7. The molecule has 2 saturated heterocycles. The molecule has 0 saturated carbocycles. The van der Waals surface area contributed by atoms with Gasteiger partial charge in [-0.3, -0.25) is 23.9 Å². The van der Waals surface area contributed by atoms with Gasteiger partial charge in [0.2, 0.25) is 11.8 Å². The second-order valence-electron chi connectivity index (χ2n) is 15.2. The van der Waals surface area contributed by atoms with Gasteiger partial charge in [0.15, 0.2) is 17.5 Å². The lowest BCUT2D eigenvalue weighted by Gasteiger charge is -2.36. The topological polar surface area (TPSA) is 130 Å². The number of anilines is 1. The van der Waals surface area contributed by atoms with E-state index < -0.39 is 17.5 Å². The number of hydrogen-bond donors (Lipinski definition) is 2. The van der Waals surface area contributed by atoms with Crippen LogP contribution in [0.1, 0.15) is 65.7 Å². The number of piperidine rings is 1. The summed E-state index contributed by atoms with van der Waals surface area (Å²) in [7, 11) is 5.66. The summed E-state index contributed by atoms with van der Waals surface area (Å²) in [6.45, 7) is 7.70. The molecule has 2 fully saturated rings. The Bertz CT molecular complexity index is 2140. The first-order valence-corrected chi connectivity index (χ1v) is 19.9. The molecule has 4 heterocycles. The molecule has 4 aromatic rings. The summed E-state index contributed by atoms with van der Waals surface area (Å²) in [5.41, 5.74) is 1.47. The number of benzene rings is 2. The number of nitrogens with one attached hydrogen (secondary N) is 2. The molecule has 57 heavy (non-hydrogen) atoms. The highest BCUT2D eigenvalue weighted by Gasteiger charge is 2.30. The highest BCUT2D eigenvalue weighted by atomic mass is 35.5. The minimum absolute atomic E-state index is 0.00122. The normalized spacial score (nSPS) is 15.3. The lowest BCUT2D eigenvalue weighted by molar-refractivity contribution is -0.858.